The standard InChI is InChI=1S/C33H42N4O/c1-20(2)24-11-10-21(3)30(16-24)36-15-14-29-28(19-36)33(37-25-12-13-26(37)18-27(17-25)38-6)35-32(34-29)31-22(4)8-7-9-23(31)5/h7-11,16,20,25-27H,12-15,17-19H2,1-6H3/t25-,26+,27?. The number of hydrogen-bond donors (Lipinski definition) is 0. The molecule has 1 unspecified atom stereocenters. The van der Waals surface area contributed by atoms with Gasteiger partial charge < -0.3 is 14.5 Å². The average molecular weight is 511 g/mol. The van der Waals surface area contributed by atoms with Crippen LogP contribution in [0.1, 0.15) is 79.0 Å². The number of aryl methyl sites for hydroxylation is 3. The lowest BCUT2D eigenvalue weighted by molar-refractivity contribution is 0.0681. The van der Waals surface area contributed by atoms with Gasteiger partial charge in [-0.25, -0.2) is 9.97 Å². The van der Waals surface area contributed by atoms with E-state index in [1.54, 1.807) is 0 Å². The van der Waals surface area contributed by atoms with Gasteiger partial charge in [-0.3, -0.25) is 0 Å². The highest BCUT2D eigenvalue weighted by atomic mass is 16.5. The highest BCUT2D eigenvalue weighted by Crippen LogP contribution is 2.43. The summed E-state index contributed by atoms with van der Waals surface area (Å²) >= 11 is 0. The molecule has 0 amide bonds. The lowest BCUT2D eigenvalue weighted by atomic mass is 9.95. The first-order chi connectivity index (χ1) is 18.3. The number of aromatic nitrogens is 2. The minimum Gasteiger partial charge on any atom is -0.381 e. The molecule has 1 aromatic heterocycles. The first-order valence-corrected chi connectivity index (χ1v) is 14.5. The van der Waals surface area contributed by atoms with Gasteiger partial charge in [0.2, 0.25) is 0 Å². The number of methoxy groups -OCH3 is 1. The molecule has 2 aromatic carbocycles. The van der Waals surface area contributed by atoms with Crippen LogP contribution in [0.25, 0.3) is 11.4 Å². The van der Waals surface area contributed by atoms with Crippen LogP contribution in [0.4, 0.5) is 11.5 Å². The summed E-state index contributed by atoms with van der Waals surface area (Å²) < 4.78 is 5.84. The Kier molecular flexibility index (Phi) is 6.67. The van der Waals surface area contributed by atoms with Crippen LogP contribution >= 0.6 is 0 Å². The Hall–Kier alpha value is -2.92. The quantitative estimate of drug-likeness (QED) is 0.373. The molecule has 3 aliphatic rings. The highest BCUT2D eigenvalue weighted by molar-refractivity contribution is 5.69. The second-order valence-electron chi connectivity index (χ2n) is 12.1. The van der Waals surface area contributed by atoms with Gasteiger partial charge in [-0.2, -0.15) is 0 Å². The Morgan fingerprint density at radius 1 is 0.921 bits per heavy atom. The van der Waals surface area contributed by atoms with Crippen molar-refractivity contribution < 1.29 is 4.74 Å². The predicted molar refractivity (Wildman–Crippen MR) is 156 cm³/mol. The summed E-state index contributed by atoms with van der Waals surface area (Å²) in [7, 11) is 1.87. The minimum absolute atomic E-state index is 0.359. The maximum Gasteiger partial charge on any atom is 0.162 e. The Morgan fingerprint density at radius 2 is 1.63 bits per heavy atom. The molecule has 0 N–H and O–H groups in total. The third-order valence-corrected chi connectivity index (χ3v) is 9.25. The van der Waals surface area contributed by atoms with Crippen molar-refractivity contribution >= 4 is 11.5 Å². The Bertz CT molecular complexity index is 1310. The predicted octanol–water partition coefficient (Wildman–Crippen LogP) is 6.90. The van der Waals surface area contributed by atoms with Gasteiger partial charge >= 0.3 is 0 Å². The molecule has 5 heteroatoms. The Morgan fingerprint density at radius 3 is 2.29 bits per heavy atom. The van der Waals surface area contributed by atoms with Gasteiger partial charge in [0.15, 0.2) is 5.82 Å². The summed E-state index contributed by atoms with van der Waals surface area (Å²) in [6, 6.07) is 14.5. The normalized spacial score (nSPS) is 22.8. The minimum atomic E-state index is 0.359. The van der Waals surface area contributed by atoms with Gasteiger partial charge in [0.05, 0.1) is 11.8 Å². The van der Waals surface area contributed by atoms with Crippen LogP contribution in [0.3, 0.4) is 0 Å². The summed E-state index contributed by atoms with van der Waals surface area (Å²) in [5, 5.41) is 0. The SMILES string of the molecule is COC1C[C@H]2CC[C@@H](C1)N2c1nc(-c2c(C)cccc2C)nc2c1CN(c1cc(C(C)C)ccc1C)CC2. The smallest absolute Gasteiger partial charge is 0.162 e. The first kappa shape index (κ1) is 25.4. The highest BCUT2D eigenvalue weighted by Gasteiger charge is 2.43. The van der Waals surface area contributed by atoms with Crippen molar-refractivity contribution in [3.8, 4) is 11.4 Å². The molecular formula is C33H42N4O. The summed E-state index contributed by atoms with van der Waals surface area (Å²) in [6.45, 7) is 13.0. The van der Waals surface area contributed by atoms with Crippen LogP contribution in [-0.2, 0) is 17.7 Å². The van der Waals surface area contributed by atoms with Crippen LogP contribution in [-0.4, -0.2) is 41.8 Å². The van der Waals surface area contributed by atoms with Gasteiger partial charge in [0, 0.05) is 55.5 Å². The zero-order chi connectivity index (χ0) is 26.6. The first-order valence-electron chi connectivity index (χ1n) is 14.5. The zero-order valence-electron chi connectivity index (χ0n) is 23.9. The van der Waals surface area contributed by atoms with Crippen molar-refractivity contribution in [2.75, 3.05) is 23.5 Å². The van der Waals surface area contributed by atoms with E-state index in [1.165, 1.54) is 63.4 Å². The maximum absolute atomic E-state index is 5.84. The third kappa shape index (κ3) is 4.39. The van der Waals surface area contributed by atoms with E-state index in [9.17, 15) is 0 Å². The van der Waals surface area contributed by atoms with E-state index in [1.807, 2.05) is 7.11 Å². The second-order valence-corrected chi connectivity index (χ2v) is 12.1. The molecule has 2 saturated heterocycles. The molecule has 3 atom stereocenters. The molecule has 3 aliphatic heterocycles. The zero-order valence-corrected chi connectivity index (χ0v) is 23.9. The van der Waals surface area contributed by atoms with E-state index >= 15 is 0 Å². The Balaban J connectivity index is 1.46. The summed E-state index contributed by atoms with van der Waals surface area (Å²) in [5.41, 5.74) is 10.3. The second kappa shape index (κ2) is 10.00. The molecule has 0 radical (unpaired) electrons. The van der Waals surface area contributed by atoms with Crippen LogP contribution < -0.4 is 9.80 Å². The molecule has 2 fully saturated rings. The van der Waals surface area contributed by atoms with Gasteiger partial charge in [-0.1, -0.05) is 44.2 Å². The largest absolute Gasteiger partial charge is 0.381 e. The average Bonchev–Trinajstić information content (AvgIpc) is 3.16. The number of ether oxygens (including phenoxy) is 1. The molecule has 200 valence electrons. The van der Waals surface area contributed by atoms with E-state index in [0.29, 0.717) is 24.1 Å². The molecule has 0 aliphatic carbocycles. The van der Waals surface area contributed by atoms with E-state index in [-0.39, 0.29) is 0 Å². The molecular weight excluding hydrogens is 468 g/mol. The molecule has 38 heavy (non-hydrogen) atoms. The van der Waals surface area contributed by atoms with Crippen molar-refractivity contribution in [3.63, 3.8) is 0 Å². The lowest BCUT2D eigenvalue weighted by Gasteiger charge is -2.42. The Labute approximate surface area is 228 Å². The van der Waals surface area contributed by atoms with Crippen molar-refractivity contribution in [1.82, 2.24) is 9.97 Å². The molecule has 6 rings (SSSR count). The van der Waals surface area contributed by atoms with Crippen LogP contribution in [0.2, 0.25) is 0 Å². The number of rotatable bonds is 5. The van der Waals surface area contributed by atoms with Crippen LogP contribution in [0.5, 0.6) is 0 Å². The molecule has 5 nitrogen and oxygen atoms in total. The van der Waals surface area contributed by atoms with E-state index < -0.39 is 0 Å². The molecule has 4 heterocycles. The number of benzene rings is 2. The summed E-state index contributed by atoms with van der Waals surface area (Å²) in [5.74, 6) is 2.59. The summed E-state index contributed by atoms with van der Waals surface area (Å²) in [6.07, 6.45) is 5.92. The van der Waals surface area contributed by atoms with Crippen molar-refractivity contribution in [2.24, 2.45) is 0 Å². The fourth-order valence-corrected chi connectivity index (χ4v) is 7.09. The van der Waals surface area contributed by atoms with Crippen molar-refractivity contribution in [3.05, 3.63) is 69.9 Å². The van der Waals surface area contributed by atoms with Gasteiger partial charge in [-0.05, 0) is 80.7 Å². The number of fused-ring (bicyclic) bond motifs is 3. The monoisotopic (exact) mass is 510 g/mol. The number of piperidine rings is 1. The van der Waals surface area contributed by atoms with E-state index in [4.69, 9.17) is 14.7 Å². The fraction of sp³-hybridized carbons (Fsp3) is 0.515. The topological polar surface area (TPSA) is 41.5 Å². The van der Waals surface area contributed by atoms with E-state index in [0.717, 1.165) is 38.2 Å². The van der Waals surface area contributed by atoms with E-state index in [2.05, 4.69) is 80.8 Å². The summed E-state index contributed by atoms with van der Waals surface area (Å²) in [4.78, 5) is 15.9. The molecule has 0 spiro atoms. The van der Waals surface area contributed by atoms with Crippen molar-refractivity contribution in [2.45, 2.75) is 97.4 Å². The molecule has 3 aromatic rings. The number of anilines is 2. The number of hydrogen-bond acceptors (Lipinski definition) is 5. The maximum atomic E-state index is 5.84. The van der Waals surface area contributed by atoms with Gasteiger partial charge in [0.25, 0.3) is 0 Å². The molecule has 0 saturated carbocycles. The van der Waals surface area contributed by atoms with Gasteiger partial charge in [0.1, 0.15) is 5.82 Å². The number of nitrogens with zero attached hydrogens (tertiary/aromatic N) is 4. The third-order valence-electron chi connectivity index (χ3n) is 9.25. The van der Waals surface area contributed by atoms with Crippen LogP contribution in [0.15, 0.2) is 36.4 Å². The fourth-order valence-electron chi connectivity index (χ4n) is 7.09. The van der Waals surface area contributed by atoms with Gasteiger partial charge in [-0.15, -0.1) is 0 Å². The lowest BCUT2D eigenvalue weighted by Crippen LogP contribution is -2.47. The van der Waals surface area contributed by atoms with Crippen molar-refractivity contribution in [1.29, 1.82) is 0 Å². The van der Waals surface area contributed by atoms with Crippen LogP contribution in [0, 0.1) is 20.8 Å². The molecule has 2 bridgehead atoms.